The Bertz CT molecular complexity index is 836. The van der Waals surface area contributed by atoms with Crippen LogP contribution in [0, 0.1) is 0 Å². The average Bonchev–Trinajstić information content (AvgIpc) is 2.73. The van der Waals surface area contributed by atoms with Gasteiger partial charge in [0.05, 0.1) is 41.2 Å². The van der Waals surface area contributed by atoms with E-state index in [1.807, 2.05) is 30.4 Å². The fourth-order valence-electron chi connectivity index (χ4n) is 2.75. The van der Waals surface area contributed by atoms with Crippen molar-refractivity contribution < 1.29 is 38.4 Å². The first-order valence-corrected chi connectivity index (χ1v) is 10.9. The molecule has 0 amide bonds. The van der Waals surface area contributed by atoms with E-state index in [9.17, 15) is 9.79 Å². The highest BCUT2D eigenvalue weighted by Crippen LogP contribution is 2.39. The Kier molecular flexibility index (Phi) is 8.74. The van der Waals surface area contributed by atoms with Gasteiger partial charge in [-0.15, -0.1) is 0 Å². The second kappa shape index (κ2) is 11.0. The zero-order valence-corrected chi connectivity index (χ0v) is 18.3. The Morgan fingerprint density at radius 2 is 1.37 bits per heavy atom. The molecule has 0 aliphatic heterocycles. The smallest absolute Gasteiger partial charge is 0.203 e. The molecule has 0 aliphatic rings. The lowest BCUT2D eigenvalue weighted by Crippen LogP contribution is -2.24. The maximum atomic E-state index is 10.8. The van der Waals surface area contributed by atoms with Crippen LogP contribution in [0.15, 0.2) is 30.3 Å². The summed E-state index contributed by atoms with van der Waals surface area (Å²) >= 11 is 0. The summed E-state index contributed by atoms with van der Waals surface area (Å²) in [4.78, 5) is 30.5. The lowest BCUT2D eigenvalue weighted by atomic mass is 10.1. The first-order chi connectivity index (χ1) is 14.3. The first kappa shape index (κ1) is 23.8. The molecule has 0 unspecified atom stereocenters. The summed E-state index contributed by atoms with van der Waals surface area (Å²) in [5, 5.41) is 0. The van der Waals surface area contributed by atoms with Crippen LogP contribution in [0.25, 0.3) is 12.2 Å². The molecule has 0 aromatic heterocycles. The van der Waals surface area contributed by atoms with Gasteiger partial charge in [0, 0.05) is 14.4 Å². The van der Waals surface area contributed by atoms with Gasteiger partial charge in [0.2, 0.25) is 5.75 Å². The lowest BCUT2D eigenvalue weighted by molar-refractivity contribution is -0.331. The van der Waals surface area contributed by atoms with Gasteiger partial charge in [0.15, 0.2) is 23.0 Å². The minimum Gasteiger partial charge on any atom is -0.660 e. The summed E-state index contributed by atoms with van der Waals surface area (Å²) in [6, 6.07) is 9.06. The molecule has 2 aromatic rings. The van der Waals surface area contributed by atoms with Crippen LogP contribution in [0.1, 0.15) is 17.5 Å². The van der Waals surface area contributed by atoms with Crippen LogP contribution in [0.3, 0.4) is 0 Å². The second-order valence-electron chi connectivity index (χ2n) is 6.27. The van der Waals surface area contributed by atoms with Crippen LogP contribution in [-0.4, -0.2) is 46.1 Å². The molecule has 0 aliphatic carbocycles. The summed E-state index contributed by atoms with van der Waals surface area (Å²) < 4.78 is 27.0. The Labute approximate surface area is 176 Å². The lowest BCUT2D eigenvalue weighted by Gasteiger charge is -2.27. The van der Waals surface area contributed by atoms with Crippen LogP contribution >= 0.6 is 7.94 Å². The molecule has 0 saturated heterocycles. The number of hydrogen-bond acceptors (Lipinski definition) is 8. The fraction of sp³-hybridized carbons (Fsp3) is 0.333. The topological polar surface area (TPSA) is 113 Å². The van der Waals surface area contributed by atoms with Crippen molar-refractivity contribution in [2.45, 2.75) is 6.42 Å². The van der Waals surface area contributed by atoms with Gasteiger partial charge in [-0.2, -0.15) is 0 Å². The Hall–Kier alpha value is -2.51. The zero-order valence-electron chi connectivity index (χ0n) is 17.4. The summed E-state index contributed by atoms with van der Waals surface area (Å²) in [6.45, 7) is 0.128. The Balaban J connectivity index is 2.19. The molecule has 0 saturated carbocycles. The second-order valence-corrected chi connectivity index (χ2v) is 7.99. The van der Waals surface area contributed by atoms with Gasteiger partial charge in [0.1, 0.15) is 0 Å². The van der Waals surface area contributed by atoms with Crippen molar-refractivity contribution in [2.75, 3.05) is 41.2 Å². The maximum absolute atomic E-state index is 10.8. The summed E-state index contributed by atoms with van der Waals surface area (Å²) in [5.74, 6) is 2.62. The molecule has 0 atom stereocenters. The molecule has 0 radical (unpaired) electrons. The van der Waals surface area contributed by atoms with E-state index in [0.717, 1.165) is 11.1 Å². The van der Waals surface area contributed by atoms with Crippen LogP contribution in [-0.2, 0) is 0 Å². The highest BCUT2D eigenvalue weighted by Gasteiger charge is 2.12. The molecule has 0 heterocycles. The van der Waals surface area contributed by atoms with Crippen LogP contribution in [0.2, 0.25) is 0 Å². The van der Waals surface area contributed by atoms with Crippen molar-refractivity contribution in [3.05, 3.63) is 41.5 Å². The number of hydrogen-bond donors (Lipinski definition) is 1. The number of ether oxygens (including phenoxy) is 5. The molecule has 2 aromatic carbocycles. The van der Waals surface area contributed by atoms with E-state index >= 15 is 0 Å². The molecule has 9 heteroatoms. The van der Waals surface area contributed by atoms with Gasteiger partial charge >= 0.3 is 0 Å². The van der Waals surface area contributed by atoms with Gasteiger partial charge in [-0.25, -0.2) is 0 Å². The van der Waals surface area contributed by atoms with Gasteiger partial charge < -0.3 is 33.5 Å². The predicted octanol–water partition coefficient (Wildman–Crippen LogP) is 2.14. The number of rotatable bonds is 11. The quantitative estimate of drug-likeness (QED) is 0.323. The number of methoxy groups -OCH3 is 4. The normalized spacial score (nSPS) is 11.4. The predicted molar refractivity (Wildman–Crippen MR) is 112 cm³/mol. The summed E-state index contributed by atoms with van der Waals surface area (Å²) in [7, 11) is 1.90. The van der Waals surface area contributed by atoms with Crippen LogP contribution in [0.4, 0.5) is 0 Å². The first-order valence-electron chi connectivity index (χ1n) is 9.13. The monoisotopic (exact) mass is 437 g/mol. The van der Waals surface area contributed by atoms with Crippen molar-refractivity contribution in [3.63, 3.8) is 0 Å². The van der Waals surface area contributed by atoms with E-state index in [-0.39, 0.29) is 19.2 Å². The SMILES string of the molecule is COc1ccc(/C=C\c2cc(OC)c(OC)c(OC)c2)cc1OCCC[P+]([O-])([O-])O. The van der Waals surface area contributed by atoms with Crippen molar-refractivity contribution in [3.8, 4) is 28.7 Å². The molecular weight excluding hydrogens is 411 g/mol. The molecule has 30 heavy (non-hydrogen) atoms. The molecule has 0 bridgehead atoms. The Morgan fingerprint density at radius 3 is 1.90 bits per heavy atom. The van der Waals surface area contributed by atoms with Gasteiger partial charge in [-0.1, -0.05) is 18.2 Å². The standard InChI is InChI=1S/C21H27O8P/c1-25-17-9-8-15(12-18(17)29-10-5-11-30(22,23)24)6-7-16-13-19(26-2)21(28-4)20(14-16)27-3/h6-9,12-14H,5,10-11H2,1-4H3,(H2,22,23,24)/p-1/b7-6-. The van der Waals surface area contributed by atoms with E-state index in [1.54, 1.807) is 33.5 Å². The third kappa shape index (κ3) is 6.78. The van der Waals surface area contributed by atoms with Gasteiger partial charge in [-0.3, -0.25) is 4.89 Å². The van der Waals surface area contributed by atoms with Gasteiger partial charge in [0.25, 0.3) is 0 Å². The number of benzene rings is 2. The minimum atomic E-state index is -4.28. The van der Waals surface area contributed by atoms with E-state index in [0.29, 0.717) is 28.7 Å². The van der Waals surface area contributed by atoms with Crippen molar-refractivity contribution in [1.82, 2.24) is 0 Å². The Morgan fingerprint density at radius 1 is 0.800 bits per heavy atom. The molecule has 1 N–H and O–H groups in total. The zero-order chi connectivity index (χ0) is 22.1. The highest BCUT2D eigenvalue weighted by molar-refractivity contribution is 7.55. The fourth-order valence-corrected chi connectivity index (χ4v) is 3.28. The molecule has 0 spiro atoms. The largest absolute Gasteiger partial charge is 0.660 e. The van der Waals surface area contributed by atoms with E-state index in [1.165, 1.54) is 7.11 Å². The molecule has 164 valence electrons. The van der Waals surface area contributed by atoms with E-state index in [2.05, 4.69) is 0 Å². The summed E-state index contributed by atoms with van der Waals surface area (Å²) in [6.07, 6.45) is 3.60. The third-order valence-corrected chi connectivity index (χ3v) is 5.07. The van der Waals surface area contributed by atoms with Crippen molar-refractivity contribution in [1.29, 1.82) is 0 Å². The third-order valence-electron chi connectivity index (χ3n) is 4.19. The van der Waals surface area contributed by atoms with Crippen LogP contribution in [0.5, 0.6) is 28.7 Å². The maximum Gasteiger partial charge on any atom is 0.203 e. The van der Waals surface area contributed by atoms with Crippen molar-refractivity contribution >= 4 is 20.1 Å². The molecule has 0 fully saturated rings. The van der Waals surface area contributed by atoms with E-state index in [4.69, 9.17) is 28.6 Å². The van der Waals surface area contributed by atoms with Gasteiger partial charge in [-0.05, 0) is 35.4 Å². The minimum absolute atomic E-state index is 0.128. The highest BCUT2D eigenvalue weighted by atomic mass is 31.2. The molecular formula is C21H26O8P-. The van der Waals surface area contributed by atoms with E-state index < -0.39 is 7.94 Å². The van der Waals surface area contributed by atoms with Crippen LogP contribution < -0.4 is 33.5 Å². The molecule has 8 nitrogen and oxygen atoms in total. The summed E-state index contributed by atoms with van der Waals surface area (Å²) in [5.41, 5.74) is 1.69. The average molecular weight is 437 g/mol. The van der Waals surface area contributed by atoms with Crippen molar-refractivity contribution in [2.24, 2.45) is 0 Å². The molecule has 2 rings (SSSR count).